The lowest BCUT2D eigenvalue weighted by atomic mass is 10.1. The van der Waals surface area contributed by atoms with Crippen LogP contribution in [0.2, 0.25) is 0 Å². The monoisotopic (exact) mass is 202 g/mol. The quantitative estimate of drug-likeness (QED) is 0.828. The first-order valence-corrected chi connectivity index (χ1v) is 5.01. The molecule has 0 aliphatic heterocycles. The third-order valence-corrected chi connectivity index (χ3v) is 2.51. The van der Waals surface area contributed by atoms with E-state index in [2.05, 4.69) is 12.1 Å². The summed E-state index contributed by atoms with van der Waals surface area (Å²) < 4.78 is 5.17. The average molecular weight is 202 g/mol. The molecule has 0 saturated carbocycles. The van der Waals surface area contributed by atoms with E-state index in [4.69, 9.17) is 9.84 Å². The van der Waals surface area contributed by atoms with Crippen molar-refractivity contribution in [3.8, 4) is 5.75 Å². The van der Waals surface area contributed by atoms with Crippen molar-refractivity contribution < 1.29 is 9.84 Å². The first kappa shape index (κ1) is 9.99. The molecule has 0 aliphatic carbocycles. The molecule has 0 saturated heterocycles. The van der Waals surface area contributed by atoms with Gasteiger partial charge in [-0.25, -0.2) is 0 Å². The van der Waals surface area contributed by atoms with E-state index in [9.17, 15) is 0 Å². The maximum atomic E-state index is 8.87. The first-order chi connectivity index (χ1) is 7.33. The lowest BCUT2D eigenvalue weighted by molar-refractivity contribution is 0.299. The Labute approximate surface area is 89.1 Å². The van der Waals surface area contributed by atoms with Crippen LogP contribution < -0.4 is 4.74 Å². The molecule has 0 spiro atoms. The standard InChI is InChI=1S/C13H14O2/c1-15-13-5-4-11-3-2-10(6-7-14)8-12(11)9-13/h2-5,8-9,14H,6-7H2,1H3. The third kappa shape index (κ3) is 2.10. The Morgan fingerprint density at radius 3 is 2.60 bits per heavy atom. The van der Waals surface area contributed by atoms with E-state index in [0.29, 0.717) is 6.42 Å². The van der Waals surface area contributed by atoms with Crippen molar-refractivity contribution in [2.45, 2.75) is 6.42 Å². The molecule has 0 amide bonds. The second-order valence-corrected chi connectivity index (χ2v) is 3.52. The van der Waals surface area contributed by atoms with Crippen molar-refractivity contribution in [1.82, 2.24) is 0 Å². The molecule has 15 heavy (non-hydrogen) atoms. The van der Waals surface area contributed by atoms with Crippen LogP contribution >= 0.6 is 0 Å². The predicted octanol–water partition coefficient (Wildman–Crippen LogP) is 2.38. The van der Waals surface area contributed by atoms with E-state index in [-0.39, 0.29) is 6.61 Å². The van der Waals surface area contributed by atoms with Crippen LogP contribution in [-0.2, 0) is 6.42 Å². The molecule has 0 aromatic heterocycles. The molecule has 0 aliphatic rings. The van der Waals surface area contributed by atoms with Gasteiger partial charge in [0.25, 0.3) is 0 Å². The van der Waals surface area contributed by atoms with Gasteiger partial charge in [0.1, 0.15) is 5.75 Å². The summed E-state index contributed by atoms with van der Waals surface area (Å²) in [7, 11) is 1.67. The van der Waals surface area contributed by atoms with E-state index in [0.717, 1.165) is 16.7 Å². The minimum Gasteiger partial charge on any atom is -0.497 e. The molecule has 0 heterocycles. The number of methoxy groups -OCH3 is 1. The summed E-state index contributed by atoms with van der Waals surface area (Å²) in [6.45, 7) is 0.190. The van der Waals surface area contributed by atoms with Gasteiger partial charge in [-0.1, -0.05) is 24.3 Å². The van der Waals surface area contributed by atoms with E-state index < -0.39 is 0 Å². The highest BCUT2D eigenvalue weighted by Crippen LogP contribution is 2.21. The molecular weight excluding hydrogens is 188 g/mol. The summed E-state index contributed by atoms with van der Waals surface area (Å²) in [5.74, 6) is 0.864. The van der Waals surface area contributed by atoms with Crippen LogP contribution in [0.5, 0.6) is 5.75 Å². The second-order valence-electron chi connectivity index (χ2n) is 3.52. The summed E-state index contributed by atoms with van der Waals surface area (Å²) in [4.78, 5) is 0. The summed E-state index contributed by atoms with van der Waals surface area (Å²) >= 11 is 0. The Bertz CT molecular complexity index is 463. The summed E-state index contributed by atoms with van der Waals surface area (Å²) in [6, 6.07) is 12.2. The smallest absolute Gasteiger partial charge is 0.119 e. The van der Waals surface area contributed by atoms with Gasteiger partial charge in [-0.15, -0.1) is 0 Å². The van der Waals surface area contributed by atoms with Gasteiger partial charge < -0.3 is 9.84 Å². The second kappa shape index (κ2) is 4.32. The van der Waals surface area contributed by atoms with Gasteiger partial charge in [-0.2, -0.15) is 0 Å². The highest BCUT2D eigenvalue weighted by Gasteiger charge is 1.98. The Morgan fingerprint density at radius 2 is 1.87 bits per heavy atom. The van der Waals surface area contributed by atoms with Crippen molar-refractivity contribution in [3.05, 3.63) is 42.0 Å². The normalized spacial score (nSPS) is 10.5. The lowest BCUT2D eigenvalue weighted by Gasteiger charge is -2.04. The highest BCUT2D eigenvalue weighted by molar-refractivity contribution is 5.84. The maximum Gasteiger partial charge on any atom is 0.119 e. The molecule has 0 atom stereocenters. The number of ether oxygens (including phenoxy) is 1. The Hall–Kier alpha value is -1.54. The largest absolute Gasteiger partial charge is 0.497 e. The minimum atomic E-state index is 0.190. The van der Waals surface area contributed by atoms with Gasteiger partial charge in [-0.3, -0.25) is 0 Å². The van der Waals surface area contributed by atoms with E-state index in [1.807, 2.05) is 24.3 Å². The van der Waals surface area contributed by atoms with Crippen LogP contribution in [0.3, 0.4) is 0 Å². The van der Waals surface area contributed by atoms with E-state index in [1.165, 1.54) is 5.39 Å². The predicted molar refractivity (Wildman–Crippen MR) is 61.3 cm³/mol. The molecule has 0 fully saturated rings. The lowest BCUT2D eigenvalue weighted by Crippen LogP contribution is -1.90. The van der Waals surface area contributed by atoms with E-state index >= 15 is 0 Å². The number of aliphatic hydroxyl groups excluding tert-OH is 1. The molecule has 0 unspecified atom stereocenters. The zero-order valence-corrected chi connectivity index (χ0v) is 8.73. The number of benzene rings is 2. The number of rotatable bonds is 3. The van der Waals surface area contributed by atoms with Crippen molar-refractivity contribution in [1.29, 1.82) is 0 Å². The van der Waals surface area contributed by atoms with Crippen molar-refractivity contribution >= 4 is 10.8 Å². The van der Waals surface area contributed by atoms with Gasteiger partial charge in [0.2, 0.25) is 0 Å². The fraction of sp³-hybridized carbons (Fsp3) is 0.231. The van der Waals surface area contributed by atoms with Crippen LogP contribution in [0.1, 0.15) is 5.56 Å². The van der Waals surface area contributed by atoms with Gasteiger partial charge in [0.15, 0.2) is 0 Å². The Morgan fingerprint density at radius 1 is 1.07 bits per heavy atom. The SMILES string of the molecule is COc1ccc2ccc(CCO)cc2c1. The minimum absolute atomic E-state index is 0.190. The third-order valence-electron chi connectivity index (χ3n) is 2.51. The number of hydrogen-bond acceptors (Lipinski definition) is 2. The number of hydrogen-bond donors (Lipinski definition) is 1. The van der Waals surface area contributed by atoms with Crippen LogP contribution in [-0.4, -0.2) is 18.8 Å². The van der Waals surface area contributed by atoms with Crippen molar-refractivity contribution in [2.24, 2.45) is 0 Å². The maximum absolute atomic E-state index is 8.87. The molecule has 2 rings (SSSR count). The van der Waals surface area contributed by atoms with Gasteiger partial charge in [-0.05, 0) is 34.9 Å². The summed E-state index contributed by atoms with van der Waals surface area (Å²) in [5.41, 5.74) is 1.15. The molecule has 2 heteroatoms. The molecule has 1 N–H and O–H groups in total. The topological polar surface area (TPSA) is 29.5 Å². The Balaban J connectivity index is 2.48. The van der Waals surface area contributed by atoms with Crippen molar-refractivity contribution in [2.75, 3.05) is 13.7 Å². The van der Waals surface area contributed by atoms with Crippen molar-refractivity contribution in [3.63, 3.8) is 0 Å². The van der Waals surface area contributed by atoms with Crippen LogP contribution in [0.25, 0.3) is 10.8 Å². The molecule has 0 bridgehead atoms. The fourth-order valence-corrected chi connectivity index (χ4v) is 1.69. The average Bonchev–Trinajstić information content (AvgIpc) is 2.28. The van der Waals surface area contributed by atoms with Crippen LogP contribution in [0.4, 0.5) is 0 Å². The Kier molecular flexibility index (Phi) is 2.88. The molecule has 2 nitrogen and oxygen atoms in total. The summed E-state index contributed by atoms with van der Waals surface area (Å²) in [6.07, 6.45) is 0.702. The molecular formula is C13H14O2. The first-order valence-electron chi connectivity index (χ1n) is 5.01. The van der Waals surface area contributed by atoms with Crippen LogP contribution in [0, 0.1) is 0 Å². The van der Waals surface area contributed by atoms with Crippen LogP contribution in [0.15, 0.2) is 36.4 Å². The van der Waals surface area contributed by atoms with E-state index in [1.54, 1.807) is 7.11 Å². The molecule has 2 aromatic carbocycles. The van der Waals surface area contributed by atoms with Gasteiger partial charge in [0.05, 0.1) is 7.11 Å². The molecule has 2 aromatic rings. The highest BCUT2D eigenvalue weighted by atomic mass is 16.5. The number of aliphatic hydroxyl groups is 1. The fourth-order valence-electron chi connectivity index (χ4n) is 1.69. The van der Waals surface area contributed by atoms with Gasteiger partial charge in [0, 0.05) is 6.61 Å². The summed E-state index contributed by atoms with van der Waals surface area (Å²) in [5, 5.41) is 11.2. The zero-order chi connectivity index (χ0) is 10.7. The van der Waals surface area contributed by atoms with Gasteiger partial charge >= 0.3 is 0 Å². The molecule has 0 radical (unpaired) electrons. The zero-order valence-electron chi connectivity index (χ0n) is 8.73. The number of fused-ring (bicyclic) bond motifs is 1. The molecule has 78 valence electrons.